The average Bonchev–Trinajstić information content (AvgIpc) is 2.03. The van der Waals surface area contributed by atoms with Crippen LogP contribution in [0.1, 0.15) is 5.69 Å². The van der Waals surface area contributed by atoms with E-state index in [0.29, 0.717) is 6.20 Å². The van der Waals surface area contributed by atoms with Crippen molar-refractivity contribution in [3.8, 4) is 0 Å². The Hall–Kier alpha value is -1.40. The van der Waals surface area contributed by atoms with Crippen LogP contribution in [0.5, 0.6) is 0 Å². The molecule has 1 aromatic rings. The Balaban J connectivity index is 3.06. The minimum absolute atomic E-state index is 0.0394. The molecule has 0 bridgehead atoms. The molecule has 13 heavy (non-hydrogen) atoms. The first-order valence-corrected chi connectivity index (χ1v) is 3.20. The average molecular weight is 195 g/mol. The Bertz CT molecular complexity index is 296. The van der Waals surface area contributed by atoms with Gasteiger partial charge in [0.25, 0.3) is 0 Å². The van der Waals surface area contributed by atoms with E-state index in [1.54, 1.807) is 0 Å². The molecule has 0 saturated heterocycles. The molecule has 7 heteroatoms. The summed E-state index contributed by atoms with van der Waals surface area (Å²) in [6.07, 6.45) is -3.17. The van der Waals surface area contributed by atoms with Crippen molar-refractivity contribution >= 4 is 5.82 Å². The highest BCUT2D eigenvalue weighted by Gasteiger charge is 2.33. The molecule has 0 radical (unpaired) electrons. The van der Waals surface area contributed by atoms with Crippen LogP contribution in [0.4, 0.5) is 23.5 Å². The van der Waals surface area contributed by atoms with E-state index in [0.717, 1.165) is 13.2 Å². The first-order chi connectivity index (χ1) is 5.91. The lowest BCUT2D eigenvalue weighted by molar-refractivity contribution is -0.141. The quantitative estimate of drug-likeness (QED) is 0.505. The zero-order valence-electron chi connectivity index (χ0n) is 6.51. The van der Waals surface area contributed by atoms with Gasteiger partial charge in [-0.05, 0) is 0 Å². The third kappa shape index (κ3) is 2.27. The van der Waals surface area contributed by atoms with E-state index in [1.165, 1.54) is 0 Å². The molecule has 1 aromatic heterocycles. The molecule has 72 valence electrons. The van der Waals surface area contributed by atoms with Crippen LogP contribution in [-0.2, 0) is 6.18 Å². The van der Waals surface area contributed by atoms with Crippen molar-refractivity contribution in [3.63, 3.8) is 0 Å². The predicted molar refractivity (Wildman–Crippen MR) is 36.5 cm³/mol. The van der Waals surface area contributed by atoms with Crippen LogP contribution < -0.4 is 5.12 Å². The maximum atomic E-state index is 12.4. The molecule has 0 N–H and O–H groups in total. The smallest absolute Gasteiger partial charge is 0.259 e. The standard InChI is InChI=1S/C6H5F4N3/c1-13(10)5-3-11-2-4(12-5)6(7,8)9/h2-3H,1H3. The van der Waals surface area contributed by atoms with E-state index in [4.69, 9.17) is 0 Å². The molecule has 0 aliphatic heterocycles. The van der Waals surface area contributed by atoms with Crippen LogP contribution in [-0.4, -0.2) is 17.0 Å². The Morgan fingerprint density at radius 3 is 2.38 bits per heavy atom. The van der Waals surface area contributed by atoms with E-state index in [1.807, 2.05) is 0 Å². The van der Waals surface area contributed by atoms with Crippen LogP contribution in [0.3, 0.4) is 0 Å². The van der Waals surface area contributed by atoms with Crippen LogP contribution >= 0.6 is 0 Å². The first kappa shape index (κ1) is 9.69. The summed E-state index contributed by atoms with van der Waals surface area (Å²) in [6, 6.07) is 0. The fourth-order valence-electron chi connectivity index (χ4n) is 0.641. The lowest BCUT2D eigenvalue weighted by atomic mass is 10.4. The van der Waals surface area contributed by atoms with Gasteiger partial charge >= 0.3 is 6.18 Å². The summed E-state index contributed by atoms with van der Waals surface area (Å²) >= 11 is 0. The number of nitrogens with zero attached hydrogens (tertiary/aromatic N) is 3. The van der Waals surface area contributed by atoms with Crippen molar-refractivity contribution in [2.45, 2.75) is 6.18 Å². The van der Waals surface area contributed by atoms with E-state index < -0.39 is 17.7 Å². The van der Waals surface area contributed by atoms with E-state index in [2.05, 4.69) is 9.97 Å². The highest BCUT2D eigenvalue weighted by molar-refractivity contribution is 5.31. The molecular weight excluding hydrogens is 190 g/mol. The van der Waals surface area contributed by atoms with Gasteiger partial charge in [0.05, 0.1) is 12.4 Å². The number of aromatic nitrogens is 2. The number of rotatable bonds is 1. The minimum atomic E-state index is -4.60. The zero-order valence-corrected chi connectivity index (χ0v) is 6.51. The lowest BCUT2D eigenvalue weighted by Crippen LogP contribution is -2.12. The van der Waals surface area contributed by atoms with Crippen molar-refractivity contribution in [1.82, 2.24) is 9.97 Å². The third-order valence-corrected chi connectivity index (χ3v) is 1.23. The highest BCUT2D eigenvalue weighted by atomic mass is 19.4. The minimum Gasteiger partial charge on any atom is -0.259 e. The van der Waals surface area contributed by atoms with Crippen molar-refractivity contribution in [3.05, 3.63) is 18.1 Å². The van der Waals surface area contributed by atoms with E-state index >= 15 is 0 Å². The molecule has 0 aliphatic carbocycles. The first-order valence-electron chi connectivity index (χ1n) is 3.20. The second kappa shape index (κ2) is 3.15. The molecule has 0 amide bonds. The fourth-order valence-corrected chi connectivity index (χ4v) is 0.641. The van der Waals surface area contributed by atoms with Crippen LogP contribution in [0.2, 0.25) is 0 Å². The zero-order chi connectivity index (χ0) is 10.1. The number of halogens is 4. The summed E-state index contributed by atoms with van der Waals surface area (Å²) in [6.45, 7) is 0. The van der Waals surface area contributed by atoms with Crippen molar-refractivity contribution in [1.29, 1.82) is 0 Å². The number of hydrogen-bond donors (Lipinski definition) is 0. The second-order valence-corrected chi connectivity index (χ2v) is 2.24. The molecule has 3 nitrogen and oxygen atoms in total. The van der Waals surface area contributed by atoms with Gasteiger partial charge in [0.1, 0.15) is 0 Å². The molecule has 0 spiro atoms. The van der Waals surface area contributed by atoms with Crippen LogP contribution in [0, 0.1) is 0 Å². The van der Waals surface area contributed by atoms with E-state index in [9.17, 15) is 17.7 Å². The molecule has 0 unspecified atom stereocenters. The summed E-state index contributed by atoms with van der Waals surface area (Å²) in [5.74, 6) is -0.477. The van der Waals surface area contributed by atoms with Gasteiger partial charge in [0.15, 0.2) is 11.5 Å². The van der Waals surface area contributed by atoms with Gasteiger partial charge in [0, 0.05) is 7.05 Å². The molecule has 0 aliphatic rings. The van der Waals surface area contributed by atoms with Gasteiger partial charge in [-0.1, -0.05) is 4.48 Å². The maximum absolute atomic E-state index is 12.4. The highest BCUT2D eigenvalue weighted by Crippen LogP contribution is 2.27. The molecule has 0 saturated carbocycles. The Kier molecular flexibility index (Phi) is 2.35. The third-order valence-electron chi connectivity index (χ3n) is 1.23. The molecule has 1 heterocycles. The summed E-state index contributed by atoms with van der Waals surface area (Å²) in [5, 5.41) is -0.0394. The Morgan fingerprint density at radius 1 is 1.31 bits per heavy atom. The van der Waals surface area contributed by atoms with Crippen LogP contribution in [0.15, 0.2) is 12.4 Å². The largest absolute Gasteiger partial charge is 0.434 e. The second-order valence-electron chi connectivity index (χ2n) is 2.24. The van der Waals surface area contributed by atoms with Crippen LogP contribution in [0.25, 0.3) is 0 Å². The summed E-state index contributed by atoms with van der Waals surface area (Å²) in [5.41, 5.74) is -1.21. The van der Waals surface area contributed by atoms with Crippen molar-refractivity contribution in [2.75, 3.05) is 12.2 Å². The molecule has 1 rings (SSSR count). The maximum Gasteiger partial charge on any atom is 0.434 e. The predicted octanol–water partition coefficient (Wildman–Crippen LogP) is 1.82. The Morgan fingerprint density at radius 2 is 1.92 bits per heavy atom. The van der Waals surface area contributed by atoms with Gasteiger partial charge < -0.3 is 0 Å². The monoisotopic (exact) mass is 195 g/mol. The fraction of sp³-hybridized carbons (Fsp3) is 0.333. The molecular formula is C6H5F4N3. The molecule has 0 fully saturated rings. The number of hydrogen-bond acceptors (Lipinski definition) is 3. The topological polar surface area (TPSA) is 29.0 Å². The lowest BCUT2D eigenvalue weighted by Gasteiger charge is -2.08. The SMILES string of the molecule is CN(F)c1cncc(C(F)(F)F)n1. The van der Waals surface area contributed by atoms with Gasteiger partial charge in [-0.3, -0.25) is 4.98 Å². The molecule has 0 atom stereocenters. The number of anilines is 1. The van der Waals surface area contributed by atoms with Crippen molar-refractivity contribution < 1.29 is 17.7 Å². The van der Waals surface area contributed by atoms with Gasteiger partial charge in [0.2, 0.25) is 0 Å². The van der Waals surface area contributed by atoms with Gasteiger partial charge in [-0.2, -0.15) is 18.3 Å². The normalized spacial score (nSPS) is 11.5. The van der Waals surface area contributed by atoms with Gasteiger partial charge in [-0.15, -0.1) is 0 Å². The Labute approximate surface area is 71.0 Å². The molecule has 0 aromatic carbocycles. The van der Waals surface area contributed by atoms with E-state index in [-0.39, 0.29) is 5.12 Å². The summed E-state index contributed by atoms with van der Waals surface area (Å²) in [7, 11) is 0.935. The summed E-state index contributed by atoms with van der Waals surface area (Å²) in [4.78, 5) is 6.22. The number of alkyl halides is 3. The van der Waals surface area contributed by atoms with Gasteiger partial charge in [-0.25, -0.2) is 4.98 Å². The summed E-state index contributed by atoms with van der Waals surface area (Å²) < 4.78 is 48.3. The van der Waals surface area contributed by atoms with Crippen molar-refractivity contribution in [2.24, 2.45) is 0 Å².